The van der Waals surface area contributed by atoms with Crippen LogP contribution >= 0.6 is 0 Å². The first-order valence-electron chi connectivity index (χ1n) is 6.88. The summed E-state index contributed by atoms with van der Waals surface area (Å²) in [6.07, 6.45) is -1.48. The van der Waals surface area contributed by atoms with E-state index in [2.05, 4.69) is 15.3 Å². The van der Waals surface area contributed by atoms with Gasteiger partial charge in [0.1, 0.15) is 5.82 Å². The van der Waals surface area contributed by atoms with Crippen molar-refractivity contribution in [2.24, 2.45) is 0 Å². The number of halogens is 3. The van der Waals surface area contributed by atoms with Crippen molar-refractivity contribution >= 4 is 11.8 Å². The van der Waals surface area contributed by atoms with Gasteiger partial charge in [0.05, 0.1) is 18.2 Å². The zero-order chi connectivity index (χ0) is 15.2. The molecule has 1 N–H and O–H groups in total. The van der Waals surface area contributed by atoms with Crippen molar-refractivity contribution in [1.82, 2.24) is 9.97 Å². The van der Waals surface area contributed by atoms with Gasteiger partial charge in [-0.3, -0.25) is 0 Å². The Morgan fingerprint density at radius 3 is 2.57 bits per heavy atom. The van der Waals surface area contributed by atoms with Crippen molar-refractivity contribution < 1.29 is 17.9 Å². The summed E-state index contributed by atoms with van der Waals surface area (Å²) in [5.74, 6) is 0.235. The average molecular weight is 302 g/mol. The minimum absolute atomic E-state index is 0.00896. The first-order valence-corrected chi connectivity index (χ1v) is 6.88. The minimum Gasteiger partial charge on any atom is -0.373 e. The van der Waals surface area contributed by atoms with Crippen LogP contribution in [0.3, 0.4) is 0 Å². The monoisotopic (exact) mass is 302 g/mol. The third-order valence-electron chi connectivity index (χ3n) is 3.88. The molecule has 5 nitrogen and oxygen atoms in total. The van der Waals surface area contributed by atoms with Crippen LogP contribution in [0.4, 0.5) is 24.9 Å². The zero-order valence-corrected chi connectivity index (χ0v) is 11.8. The molecule has 3 heterocycles. The number of nitrogens with zero attached hydrogens (tertiary/aromatic N) is 3. The molecule has 8 heteroatoms. The number of hydrogen-bond donors (Lipinski definition) is 1. The third-order valence-corrected chi connectivity index (χ3v) is 3.88. The van der Waals surface area contributed by atoms with Crippen LogP contribution < -0.4 is 10.2 Å². The molecule has 2 saturated heterocycles. The number of aromatic nitrogens is 2. The number of ether oxygens (including phenoxy) is 1. The van der Waals surface area contributed by atoms with Crippen molar-refractivity contribution in [2.45, 2.75) is 43.7 Å². The Hall–Kier alpha value is -1.57. The summed E-state index contributed by atoms with van der Waals surface area (Å²) in [4.78, 5) is 9.27. The standard InChI is InChI=1S/C13H17F3N4O/c1-20(2)11-6-10(13(14,15)16)18-12(19-11)17-8-5-7-3-4-9(8)21-7/h6-9H,3-5H2,1-2H3,(H,17,18,19)/t7-,8+,9-/m1/s1. The van der Waals surface area contributed by atoms with Gasteiger partial charge < -0.3 is 15.0 Å². The van der Waals surface area contributed by atoms with Gasteiger partial charge in [-0.1, -0.05) is 0 Å². The van der Waals surface area contributed by atoms with Crippen molar-refractivity contribution in [1.29, 1.82) is 0 Å². The molecule has 1 aromatic rings. The van der Waals surface area contributed by atoms with E-state index >= 15 is 0 Å². The Morgan fingerprint density at radius 2 is 2.05 bits per heavy atom. The molecule has 21 heavy (non-hydrogen) atoms. The fourth-order valence-corrected chi connectivity index (χ4v) is 2.83. The summed E-state index contributed by atoms with van der Waals surface area (Å²) in [5.41, 5.74) is -0.937. The van der Waals surface area contributed by atoms with E-state index in [1.807, 2.05) is 0 Å². The predicted octanol–water partition coefficient (Wildman–Crippen LogP) is 2.29. The molecule has 0 aromatic carbocycles. The van der Waals surface area contributed by atoms with E-state index in [0.29, 0.717) is 0 Å². The van der Waals surface area contributed by atoms with Gasteiger partial charge in [0, 0.05) is 20.2 Å². The lowest BCUT2D eigenvalue weighted by Gasteiger charge is -2.22. The van der Waals surface area contributed by atoms with Crippen LogP contribution in [0.2, 0.25) is 0 Å². The molecule has 2 aliphatic heterocycles. The Labute approximate surface area is 120 Å². The van der Waals surface area contributed by atoms with Gasteiger partial charge in [0.15, 0.2) is 5.69 Å². The largest absolute Gasteiger partial charge is 0.433 e. The van der Waals surface area contributed by atoms with Crippen LogP contribution in [0, 0.1) is 0 Å². The normalized spacial score (nSPS) is 28.0. The smallest absolute Gasteiger partial charge is 0.373 e. The number of nitrogens with one attached hydrogen (secondary N) is 1. The van der Waals surface area contributed by atoms with Gasteiger partial charge >= 0.3 is 6.18 Å². The summed E-state index contributed by atoms with van der Waals surface area (Å²) in [5, 5.41) is 3.01. The molecule has 0 radical (unpaired) electrons. The van der Waals surface area contributed by atoms with Crippen LogP contribution in [0.25, 0.3) is 0 Å². The van der Waals surface area contributed by atoms with Crippen molar-refractivity contribution in [3.63, 3.8) is 0 Å². The molecule has 0 aliphatic carbocycles. The maximum atomic E-state index is 12.9. The quantitative estimate of drug-likeness (QED) is 0.928. The predicted molar refractivity (Wildman–Crippen MR) is 71.3 cm³/mol. The highest BCUT2D eigenvalue weighted by Crippen LogP contribution is 2.36. The lowest BCUT2D eigenvalue weighted by molar-refractivity contribution is -0.141. The molecule has 0 amide bonds. The van der Waals surface area contributed by atoms with Gasteiger partial charge in [-0.25, -0.2) is 4.98 Å². The molecule has 0 unspecified atom stereocenters. The summed E-state index contributed by atoms with van der Waals surface area (Å²) in [6.45, 7) is 0. The van der Waals surface area contributed by atoms with Crippen molar-refractivity contribution in [2.75, 3.05) is 24.3 Å². The second-order valence-corrected chi connectivity index (χ2v) is 5.69. The van der Waals surface area contributed by atoms with Gasteiger partial charge in [0.2, 0.25) is 5.95 Å². The van der Waals surface area contributed by atoms with Crippen molar-refractivity contribution in [3.8, 4) is 0 Å². The maximum Gasteiger partial charge on any atom is 0.433 e. The molecule has 3 rings (SSSR count). The molecule has 1 aromatic heterocycles. The first kappa shape index (κ1) is 14.4. The van der Waals surface area contributed by atoms with E-state index in [1.54, 1.807) is 14.1 Å². The van der Waals surface area contributed by atoms with Crippen LogP contribution in [-0.4, -0.2) is 42.3 Å². The molecule has 0 spiro atoms. The van der Waals surface area contributed by atoms with Crippen LogP contribution in [0.5, 0.6) is 0 Å². The fraction of sp³-hybridized carbons (Fsp3) is 0.692. The summed E-state index contributed by atoms with van der Waals surface area (Å²) < 4.78 is 44.4. The number of fused-ring (bicyclic) bond motifs is 2. The summed E-state index contributed by atoms with van der Waals surface area (Å²) in [6, 6.07) is 0.935. The Morgan fingerprint density at radius 1 is 1.29 bits per heavy atom. The maximum absolute atomic E-state index is 12.9. The average Bonchev–Trinajstić information content (AvgIpc) is 2.99. The van der Waals surface area contributed by atoms with E-state index in [4.69, 9.17) is 4.74 Å². The fourth-order valence-electron chi connectivity index (χ4n) is 2.83. The van der Waals surface area contributed by atoms with E-state index in [-0.39, 0.29) is 30.0 Å². The molecule has 116 valence electrons. The van der Waals surface area contributed by atoms with Gasteiger partial charge in [-0.15, -0.1) is 0 Å². The van der Waals surface area contributed by atoms with E-state index in [9.17, 15) is 13.2 Å². The lowest BCUT2D eigenvalue weighted by atomic mass is 9.96. The number of rotatable bonds is 3. The van der Waals surface area contributed by atoms with Crippen LogP contribution in [0.1, 0.15) is 25.0 Å². The summed E-state index contributed by atoms with van der Waals surface area (Å²) >= 11 is 0. The molecular weight excluding hydrogens is 285 g/mol. The van der Waals surface area contributed by atoms with E-state index in [1.165, 1.54) is 4.90 Å². The topological polar surface area (TPSA) is 50.3 Å². The number of alkyl halides is 3. The zero-order valence-electron chi connectivity index (χ0n) is 11.8. The van der Waals surface area contributed by atoms with Crippen LogP contribution in [-0.2, 0) is 10.9 Å². The molecule has 0 saturated carbocycles. The van der Waals surface area contributed by atoms with E-state index < -0.39 is 11.9 Å². The first-order chi connectivity index (χ1) is 9.83. The van der Waals surface area contributed by atoms with Crippen molar-refractivity contribution in [3.05, 3.63) is 11.8 Å². The van der Waals surface area contributed by atoms with Gasteiger partial charge in [-0.05, 0) is 19.3 Å². The Kier molecular flexibility index (Phi) is 3.43. The SMILES string of the molecule is CN(C)c1cc(C(F)(F)F)nc(N[C@H]2C[C@H]3CC[C@H]2O3)n1. The third kappa shape index (κ3) is 2.90. The molecule has 2 aliphatic rings. The molecule has 2 fully saturated rings. The van der Waals surface area contributed by atoms with E-state index in [0.717, 1.165) is 25.3 Å². The molecule has 3 atom stereocenters. The van der Waals surface area contributed by atoms with Gasteiger partial charge in [-0.2, -0.15) is 18.2 Å². The second-order valence-electron chi connectivity index (χ2n) is 5.69. The Bertz CT molecular complexity index is 535. The van der Waals surface area contributed by atoms with Crippen LogP contribution in [0.15, 0.2) is 6.07 Å². The van der Waals surface area contributed by atoms with Gasteiger partial charge in [0.25, 0.3) is 0 Å². The molecular formula is C13H17F3N4O. The number of hydrogen-bond acceptors (Lipinski definition) is 5. The minimum atomic E-state index is -4.49. The number of anilines is 2. The highest BCUT2D eigenvalue weighted by atomic mass is 19.4. The Balaban J connectivity index is 1.85. The molecule has 2 bridgehead atoms. The lowest BCUT2D eigenvalue weighted by Crippen LogP contribution is -2.32. The highest BCUT2D eigenvalue weighted by Gasteiger charge is 2.41. The summed E-state index contributed by atoms with van der Waals surface area (Å²) in [7, 11) is 3.29. The highest BCUT2D eigenvalue weighted by molar-refractivity contribution is 5.45. The second kappa shape index (κ2) is 5.01.